The number of rotatable bonds is 2. The molecule has 0 aromatic carbocycles. The molecule has 0 unspecified atom stereocenters. The molecule has 23 heavy (non-hydrogen) atoms. The third-order valence-electron chi connectivity index (χ3n) is 5.12. The molecule has 0 aromatic heterocycles. The number of carbonyl (C=O) groups excluding carboxylic acids is 1. The smallest absolute Gasteiger partial charge is 0.250 e. The lowest BCUT2D eigenvalue weighted by atomic mass is 9.85. The maximum atomic E-state index is 12.8. The third kappa shape index (κ3) is 4.30. The summed E-state index contributed by atoms with van der Waals surface area (Å²) < 4.78 is 0. The molecular weight excluding hydrogens is 304 g/mol. The molecule has 1 fully saturated rings. The molecule has 1 saturated heterocycles. The molecule has 0 aromatic rings. The van der Waals surface area contributed by atoms with Gasteiger partial charge in [0, 0.05) is 30.1 Å². The number of hydrogen-bond acceptors (Lipinski definition) is 3. The van der Waals surface area contributed by atoms with Crippen molar-refractivity contribution in [1.82, 2.24) is 10.2 Å². The van der Waals surface area contributed by atoms with Gasteiger partial charge in [0.15, 0.2) is 0 Å². The minimum atomic E-state index is 0.254. The molecular formula is C19H28N2OS. The van der Waals surface area contributed by atoms with Gasteiger partial charge in [-0.2, -0.15) is 0 Å². The van der Waals surface area contributed by atoms with E-state index in [1.807, 2.05) is 0 Å². The molecule has 3 aliphatic heterocycles. The highest BCUT2D eigenvalue weighted by Crippen LogP contribution is 2.35. The van der Waals surface area contributed by atoms with E-state index in [0.29, 0.717) is 5.41 Å². The van der Waals surface area contributed by atoms with Gasteiger partial charge in [0.25, 0.3) is 5.91 Å². The molecule has 0 spiro atoms. The summed E-state index contributed by atoms with van der Waals surface area (Å²) >= 11 is 1.73. The first-order valence-corrected chi connectivity index (χ1v) is 9.68. The molecule has 3 aliphatic rings. The van der Waals surface area contributed by atoms with Gasteiger partial charge in [-0.25, -0.2) is 0 Å². The first kappa shape index (κ1) is 16.8. The largest absolute Gasteiger partial charge is 0.339 e. The zero-order valence-corrected chi connectivity index (χ0v) is 15.2. The molecule has 0 bridgehead atoms. The number of carbonyl (C=O) groups is 1. The molecule has 0 atom stereocenters. The highest BCUT2D eigenvalue weighted by atomic mass is 32.2. The Balaban J connectivity index is 1.59. The third-order valence-corrected chi connectivity index (χ3v) is 6.20. The van der Waals surface area contributed by atoms with Gasteiger partial charge >= 0.3 is 0 Å². The van der Waals surface area contributed by atoms with Gasteiger partial charge in [0.1, 0.15) is 0 Å². The van der Waals surface area contributed by atoms with Crippen LogP contribution in [0.15, 0.2) is 33.6 Å². The van der Waals surface area contributed by atoms with Gasteiger partial charge in [-0.05, 0) is 55.0 Å². The Bertz CT molecular complexity index is 560. The summed E-state index contributed by atoms with van der Waals surface area (Å²) in [6.45, 7) is 8.48. The molecule has 0 aliphatic carbocycles. The van der Waals surface area contributed by atoms with Crippen molar-refractivity contribution in [3.63, 3.8) is 0 Å². The molecule has 3 heterocycles. The topological polar surface area (TPSA) is 32.3 Å². The number of hydrogen-bond donors (Lipinski definition) is 1. The molecule has 3 rings (SSSR count). The second-order valence-electron chi connectivity index (χ2n) is 7.53. The maximum absolute atomic E-state index is 12.8. The van der Waals surface area contributed by atoms with Crippen molar-refractivity contribution < 1.29 is 4.79 Å². The summed E-state index contributed by atoms with van der Waals surface area (Å²) in [7, 11) is 0. The molecule has 1 amide bonds. The fraction of sp³-hybridized carbons (Fsp3) is 0.632. The van der Waals surface area contributed by atoms with E-state index >= 15 is 0 Å². The Hall–Kier alpha value is -1.00. The molecule has 0 saturated carbocycles. The van der Waals surface area contributed by atoms with Crippen molar-refractivity contribution in [2.75, 3.05) is 26.2 Å². The van der Waals surface area contributed by atoms with Gasteiger partial charge < -0.3 is 10.2 Å². The monoisotopic (exact) mass is 332 g/mol. The minimum absolute atomic E-state index is 0.254. The first-order valence-electron chi connectivity index (χ1n) is 8.80. The Labute approximate surface area is 144 Å². The molecule has 126 valence electrons. The van der Waals surface area contributed by atoms with Crippen molar-refractivity contribution in [3.8, 4) is 0 Å². The van der Waals surface area contributed by atoms with Crippen LogP contribution >= 0.6 is 11.8 Å². The molecule has 0 radical (unpaired) electrons. The summed E-state index contributed by atoms with van der Waals surface area (Å²) in [4.78, 5) is 16.2. The van der Waals surface area contributed by atoms with E-state index in [4.69, 9.17) is 0 Å². The van der Waals surface area contributed by atoms with E-state index in [-0.39, 0.29) is 5.91 Å². The second kappa shape index (κ2) is 7.27. The SMILES string of the molecule is CC1(C)CCCN(C(=O)C2=CSC(C3=CCNCC3)=CC2)CC1. The highest BCUT2D eigenvalue weighted by Gasteiger charge is 2.27. The van der Waals surface area contributed by atoms with Gasteiger partial charge in [-0.15, -0.1) is 0 Å². The minimum Gasteiger partial charge on any atom is -0.339 e. The van der Waals surface area contributed by atoms with Crippen LogP contribution in [0.4, 0.5) is 0 Å². The average Bonchev–Trinajstić information content (AvgIpc) is 2.76. The van der Waals surface area contributed by atoms with E-state index in [9.17, 15) is 4.79 Å². The Morgan fingerprint density at radius 3 is 2.83 bits per heavy atom. The molecule has 3 nitrogen and oxygen atoms in total. The van der Waals surface area contributed by atoms with E-state index in [2.05, 4.69) is 41.6 Å². The van der Waals surface area contributed by atoms with Crippen LogP contribution in [0.5, 0.6) is 0 Å². The summed E-state index contributed by atoms with van der Waals surface area (Å²) in [5, 5.41) is 5.44. The van der Waals surface area contributed by atoms with Crippen LogP contribution in [0.1, 0.15) is 46.0 Å². The van der Waals surface area contributed by atoms with Crippen molar-refractivity contribution in [2.24, 2.45) is 5.41 Å². The molecule has 4 heteroatoms. The van der Waals surface area contributed by atoms with Crippen LogP contribution in [0.2, 0.25) is 0 Å². The standard InChI is InChI=1S/C19H28N2OS/c1-19(2)8-3-12-21(13-9-19)18(22)16-4-5-17(23-14-16)15-6-10-20-11-7-15/h5-6,14,20H,3-4,7-13H2,1-2H3. The summed E-state index contributed by atoms with van der Waals surface area (Å²) in [5.74, 6) is 0.254. The highest BCUT2D eigenvalue weighted by molar-refractivity contribution is 8.06. The number of thioether (sulfide) groups is 1. The zero-order chi connectivity index (χ0) is 16.3. The number of amides is 1. The Morgan fingerprint density at radius 1 is 1.26 bits per heavy atom. The van der Waals surface area contributed by atoms with Gasteiger partial charge in [0.2, 0.25) is 0 Å². The zero-order valence-electron chi connectivity index (χ0n) is 14.4. The van der Waals surface area contributed by atoms with Gasteiger partial charge in [0.05, 0.1) is 0 Å². The lowest BCUT2D eigenvalue weighted by molar-refractivity contribution is -0.127. The normalized spacial score (nSPS) is 25.1. The first-order chi connectivity index (χ1) is 11.1. The van der Waals surface area contributed by atoms with Gasteiger partial charge in [-0.1, -0.05) is 37.8 Å². The number of nitrogens with one attached hydrogen (secondary N) is 1. The van der Waals surface area contributed by atoms with Crippen LogP contribution in [0.25, 0.3) is 0 Å². The summed E-state index contributed by atoms with van der Waals surface area (Å²) in [6.07, 6.45) is 9.86. The van der Waals surface area contributed by atoms with Crippen LogP contribution in [-0.2, 0) is 4.79 Å². The predicted molar refractivity (Wildman–Crippen MR) is 98.2 cm³/mol. The molecule has 1 N–H and O–H groups in total. The van der Waals surface area contributed by atoms with E-state index in [1.165, 1.54) is 16.9 Å². The quantitative estimate of drug-likeness (QED) is 0.833. The summed E-state index contributed by atoms with van der Waals surface area (Å²) in [6, 6.07) is 0. The fourth-order valence-electron chi connectivity index (χ4n) is 3.45. The van der Waals surface area contributed by atoms with Gasteiger partial charge in [-0.3, -0.25) is 4.79 Å². The second-order valence-corrected chi connectivity index (χ2v) is 8.44. The van der Waals surface area contributed by atoms with Crippen molar-refractivity contribution in [1.29, 1.82) is 0 Å². The lowest BCUT2D eigenvalue weighted by Crippen LogP contribution is -2.33. The van der Waals surface area contributed by atoms with Crippen LogP contribution in [-0.4, -0.2) is 37.0 Å². The Kier molecular flexibility index (Phi) is 5.32. The predicted octanol–water partition coefficient (Wildman–Crippen LogP) is 3.85. The number of likely N-dealkylation sites (tertiary alicyclic amines) is 1. The number of allylic oxidation sites excluding steroid dienone is 2. The summed E-state index contributed by atoms with van der Waals surface area (Å²) in [5.41, 5.74) is 2.78. The van der Waals surface area contributed by atoms with Crippen LogP contribution < -0.4 is 5.32 Å². The Morgan fingerprint density at radius 2 is 2.13 bits per heavy atom. The van der Waals surface area contributed by atoms with Crippen LogP contribution in [0.3, 0.4) is 0 Å². The number of nitrogens with zero attached hydrogens (tertiary/aromatic N) is 1. The van der Waals surface area contributed by atoms with E-state index < -0.39 is 0 Å². The van der Waals surface area contributed by atoms with Crippen molar-refractivity contribution >= 4 is 17.7 Å². The van der Waals surface area contributed by atoms with Crippen molar-refractivity contribution in [3.05, 3.63) is 33.6 Å². The van der Waals surface area contributed by atoms with Crippen LogP contribution in [0, 0.1) is 5.41 Å². The van der Waals surface area contributed by atoms with E-state index in [0.717, 1.165) is 57.4 Å². The van der Waals surface area contributed by atoms with E-state index in [1.54, 1.807) is 11.8 Å². The lowest BCUT2D eigenvalue weighted by Gasteiger charge is -2.25. The average molecular weight is 333 g/mol. The van der Waals surface area contributed by atoms with Crippen molar-refractivity contribution in [2.45, 2.75) is 46.0 Å². The maximum Gasteiger partial charge on any atom is 0.250 e. The fourth-order valence-corrected chi connectivity index (χ4v) is 4.44.